The lowest BCUT2D eigenvalue weighted by Crippen LogP contribution is -2.15. The summed E-state index contributed by atoms with van der Waals surface area (Å²) >= 11 is 6.21. The zero-order valence-corrected chi connectivity index (χ0v) is 14.8. The number of benzene rings is 2. The predicted molar refractivity (Wildman–Crippen MR) is 98.2 cm³/mol. The third-order valence-electron chi connectivity index (χ3n) is 4.21. The second-order valence-corrected chi connectivity index (χ2v) is 6.46. The molecular formula is C19H19ClN2O3. The van der Waals surface area contributed by atoms with Crippen molar-refractivity contribution in [2.75, 3.05) is 17.7 Å². The van der Waals surface area contributed by atoms with Crippen LogP contribution in [0, 0.1) is 5.92 Å². The van der Waals surface area contributed by atoms with Gasteiger partial charge in [0.15, 0.2) is 0 Å². The summed E-state index contributed by atoms with van der Waals surface area (Å²) in [4.78, 5) is 23.7. The summed E-state index contributed by atoms with van der Waals surface area (Å²) in [5, 5.41) is 6.29. The molecule has 1 aliphatic carbocycles. The minimum absolute atomic E-state index is 0.0424. The van der Waals surface area contributed by atoms with E-state index in [9.17, 15) is 9.59 Å². The highest BCUT2D eigenvalue weighted by Gasteiger charge is 2.44. The zero-order valence-electron chi connectivity index (χ0n) is 14.0. The summed E-state index contributed by atoms with van der Waals surface area (Å²) < 4.78 is 5.27. The molecule has 0 radical (unpaired) electrons. The van der Waals surface area contributed by atoms with Crippen molar-refractivity contribution in [2.24, 2.45) is 5.92 Å². The first-order valence-electron chi connectivity index (χ1n) is 8.00. The minimum Gasteiger partial charge on any atom is -0.494 e. The van der Waals surface area contributed by atoms with E-state index >= 15 is 0 Å². The Morgan fingerprint density at radius 3 is 2.60 bits per heavy atom. The molecule has 6 heteroatoms. The molecule has 0 heterocycles. The van der Waals surface area contributed by atoms with Gasteiger partial charge in [0.05, 0.1) is 12.8 Å². The molecule has 0 aliphatic heterocycles. The van der Waals surface area contributed by atoms with Crippen LogP contribution in [0.4, 0.5) is 11.4 Å². The van der Waals surface area contributed by atoms with Crippen LogP contribution in [-0.4, -0.2) is 18.9 Å². The van der Waals surface area contributed by atoms with Gasteiger partial charge >= 0.3 is 0 Å². The van der Waals surface area contributed by atoms with Gasteiger partial charge in [-0.2, -0.15) is 0 Å². The van der Waals surface area contributed by atoms with Crippen LogP contribution in [0.25, 0.3) is 0 Å². The fourth-order valence-electron chi connectivity index (χ4n) is 2.90. The van der Waals surface area contributed by atoms with Gasteiger partial charge in [0.25, 0.3) is 0 Å². The molecule has 1 fully saturated rings. The lowest BCUT2D eigenvalue weighted by molar-refractivity contribution is -0.117. The van der Waals surface area contributed by atoms with Crippen molar-refractivity contribution in [3.63, 3.8) is 0 Å². The molecule has 25 heavy (non-hydrogen) atoms. The monoisotopic (exact) mass is 358 g/mol. The number of methoxy groups -OCH3 is 1. The second-order valence-electron chi connectivity index (χ2n) is 6.06. The summed E-state index contributed by atoms with van der Waals surface area (Å²) in [7, 11) is 1.51. The van der Waals surface area contributed by atoms with Crippen LogP contribution in [0.5, 0.6) is 5.75 Å². The van der Waals surface area contributed by atoms with Gasteiger partial charge < -0.3 is 15.4 Å². The SMILES string of the molecule is COc1cc(NC(=O)[C@H]2C[C@H]2c2ccccc2Cl)ccc1NC(C)=O. The van der Waals surface area contributed by atoms with Crippen LogP contribution in [0.3, 0.4) is 0 Å². The first kappa shape index (κ1) is 17.3. The van der Waals surface area contributed by atoms with Crippen LogP contribution in [0.1, 0.15) is 24.8 Å². The Morgan fingerprint density at radius 2 is 1.92 bits per heavy atom. The number of anilines is 2. The zero-order chi connectivity index (χ0) is 18.0. The van der Waals surface area contributed by atoms with Crippen LogP contribution in [-0.2, 0) is 9.59 Å². The number of rotatable bonds is 5. The molecule has 0 unspecified atom stereocenters. The molecule has 0 aromatic heterocycles. The van der Waals surface area contributed by atoms with E-state index in [4.69, 9.17) is 16.3 Å². The van der Waals surface area contributed by atoms with Crippen molar-refractivity contribution < 1.29 is 14.3 Å². The number of nitrogens with one attached hydrogen (secondary N) is 2. The summed E-state index contributed by atoms with van der Waals surface area (Å²) in [6.07, 6.45) is 0.788. The van der Waals surface area contributed by atoms with Crippen molar-refractivity contribution in [1.29, 1.82) is 0 Å². The number of hydrogen-bond acceptors (Lipinski definition) is 3. The Kier molecular flexibility index (Phi) is 4.95. The summed E-state index contributed by atoms with van der Waals surface area (Å²) in [6.45, 7) is 1.43. The minimum atomic E-state index is -0.185. The molecule has 1 saturated carbocycles. The first-order valence-corrected chi connectivity index (χ1v) is 8.38. The number of amides is 2. The fourth-order valence-corrected chi connectivity index (χ4v) is 3.18. The molecule has 0 saturated heterocycles. The summed E-state index contributed by atoms with van der Waals surface area (Å²) in [5.74, 6) is 0.344. The third-order valence-corrected chi connectivity index (χ3v) is 4.56. The summed E-state index contributed by atoms with van der Waals surface area (Å²) in [6, 6.07) is 12.7. The van der Waals surface area contributed by atoms with Gasteiger partial charge in [-0.15, -0.1) is 0 Å². The number of hydrogen-bond donors (Lipinski definition) is 2. The Balaban J connectivity index is 1.68. The van der Waals surface area contributed by atoms with Gasteiger partial charge in [-0.3, -0.25) is 9.59 Å². The topological polar surface area (TPSA) is 67.4 Å². The highest BCUT2D eigenvalue weighted by Crippen LogP contribution is 2.50. The Hall–Kier alpha value is -2.53. The van der Waals surface area contributed by atoms with E-state index in [2.05, 4.69) is 10.6 Å². The van der Waals surface area contributed by atoms with Crippen molar-refractivity contribution in [2.45, 2.75) is 19.3 Å². The largest absolute Gasteiger partial charge is 0.494 e. The van der Waals surface area contributed by atoms with Gasteiger partial charge in [-0.1, -0.05) is 29.8 Å². The average molecular weight is 359 g/mol. The molecule has 2 aromatic rings. The number of halogens is 1. The van der Waals surface area contributed by atoms with Crippen LogP contribution < -0.4 is 15.4 Å². The lowest BCUT2D eigenvalue weighted by Gasteiger charge is -2.12. The molecule has 0 bridgehead atoms. The molecule has 2 atom stereocenters. The highest BCUT2D eigenvalue weighted by molar-refractivity contribution is 6.31. The maximum atomic E-state index is 12.5. The standard InChI is InChI=1S/C19H19ClN2O3/c1-11(23)21-17-8-7-12(9-18(17)25-2)22-19(24)15-10-14(15)13-5-3-4-6-16(13)20/h3-9,14-15H,10H2,1-2H3,(H,21,23)(H,22,24)/t14-,15-/m0/s1. The van der Waals surface area contributed by atoms with E-state index in [0.29, 0.717) is 22.1 Å². The van der Waals surface area contributed by atoms with Crippen LogP contribution >= 0.6 is 11.6 Å². The Labute approximate surface area is 151 Å². The van der Waals surface area contributed by atoms with Crippen molar-refractivity contribution in [1.82, 2.24) is 0 Å². The molecule has 130 valence electrons. The average Bonchev–Trinajstić information content (AvgIpc) is 3.36. The summed E-state index contributed by atoms with van der Waals surface area (Å²) in [5.41, 5.74) is 2.21. The van der Waals surface area contributed by atoms with Crippen molar-refractivity contribution >= 4 is 34.8 Å². The fraction of sp³-hybridized carbons (Fsp3) is 0.263. The van der Waals surface area contributed by atoms with Gasteiger partial charge in [0, 0.05) is 29.6 Å². The third kappa shape index (κ3) is 3.94. The van der Waals surface area contributed by atoms with E-state index in [-0.39, 0.29) is 23.7 Å². The highest BCUT2D eigenvalue weighted by atomic mass is 35.5. The predicted octanol–water partition coefficient (Wildman–Crippen LogP) is 4.05. The van der Waals surface area contributed by atoms with E-state index in [0.717, 1.165) is 12.0 Å². The Bertz CT molecular complexity index is 822. The van der Waals surface area contributed by atoms with E-state index in [1.807, 2.05) is 24.3 Å². The molecule has 2 aromatic carbocycles. The van der Waals surface area contributed by atoms with Crippen molar-refractivity contribution in [3.8, 4) is 5.75 Å². The normalized spacial score (nSPS) is 18.4. The van der Waals surface area contributed by atoms with E-state index in [1.54, 1.807) is 18.2 Å². The number of carbonyl (C=O) groups is 2. The van der Waals surface area contributed by atoms with Gasteiger partial charge in [-0.05, 0) is 36.1 Å². The molecule has 2 N–H and O–H groups in total. The van der Waals surface area contributed by atoms with Gasteiger partial charge in [0.1, 0.15) is 5.75 Å². The second kappa shape index (κ2) is 7.15. The molecular weight excluding hydrogens is 340 g/mol. The molecule has 2 amide bonds. The number of ether oxygens (including phenoxy) is 1. The molecule has 1 aliphatic rings. The van der Waals surface area contributed by atoms with Crippen LogP contribution in [0.15, 0.2) is 42.5 Å². The molecule has 0 spiro atoms. The maximum Gasteiger partial charge on any atom is 0.228 e. The van der Waals surface area contributed by atoms with Gasteiger partial charge in [0.2, 0.25) is 11.8 Å². The van der Waals surface area contributed by atoms with Gasteiger partial charge in [-0.25, -0.2) is 0 Å². The van der Waals surface area contributed by atoms with Crippen LogP contribution in [0.2, 0.25) is 5.02 Å². The molecule has 3 rings (SSSR count). The number of carbonyl (C=O) groups excluding carboxylic acids is 2. The quantitative estimate of drug-likeness (QED) is 0.847. The smallest absolute Gasteiger partial charge is 0.228 e. The molecule has 5 nitrogen and oxygen atoms in total. The first-order chi connectivity index (χ1) is 12.0. The lowest BCUT2D eigenvalue weighted by atomic mass is 10.1. The van der Waals surface area contributed by atoms with E-state index < -0.39 is 0 Å². The Morgan fingerprint density at radius 1 is 1.16 bits per heavy atom. The van der Waals surface area contributed by atoms with E-state index in [1.165, 1.54) is 14.0 Å². The van der Waals surface area contributed by atoms with Crippen molar-refractivity contribution in [3.05, 3.63) is 53.1 Å². The maximum absolute atomic E-state index is 12.5.